The molecule has 28 heavy (non-hydrogen) atoms. The monoisotopic (exact) mass is 385 g/mol. The first-order valence-corrected chi connectivity index (χ1v) is 10.5. The summed E-state index contributed by atoms with van der Waals surface area (Å²) in [6, 6.07) is 9.47. The summed E-state index contributed by atoms with van der Waals surface area (Å²) < 4.78 is 0. The maximum Gasteiger partial charge on any atom is 0.222 e. The summed E-state index contributed by atoms with van der Waals surface area (Å²) in [5.74, 6) is 1.72. The number of rotatable bonds is 6. The van der Waals surface area contributed by atoms with E-state index in [0.29, 0.717) is 31.0 Å². The fourth-order valence-corrected chi connectivity index (χ4v) is 4.10. The molecule has 2 fully saturated rings. The highest BCUT2D eigenvalue weighted by Crippen LogP contribution is 2.19. The average molecular weight is 386 g/mol. The van der Waals surface area contributed by atoms with E-state index < -0.39 is 0 Å². The van der Waals surface area contributed by atoms with Crippen molar-refractivity contribution >= 4 is 11.9 Å². The molecule has 6 heteroatoms. The number of hydrogen-bond acceptors (Lipinski definition) is 3. The summed E-state index contributed by atoms with van der Waals surface area (Å²) in [6.45, 7) is 11.3. The van der Waals surface area contributed by atoms with E-state index in [1.165, 1.54) is 11.1 Å². The van der Waals surface area contributed by atoms with Crippen molar-refractivity contribution in [1.82, 2.24) is 20.4 Å². The molecule has 2 aliphatic heterocycles. The van der Waals surface area contributed by atoms with Gasteiger partial charge in [-0.15, -0.1) is 0 Å². The van der Waals surface area contributed by atoms with Gasteiger partial charge in [-0.2, -0.15) is 0 Å². The predicted molar refractivity (Wildman–Crippen MR) is 114 cm³/mol. The molecule has 154 valence electrons. The molecule has 2 saturated heterocycles. The van der Waals surface area contributed by atoms with Crippen molar-refractivity contribution in [1.29, 1.82) is 0 Å². The van der Waals surface area contributed by atoms with Crippen LogP contribution in [0.15, 0.2) is 29.3 Å². The van der Waals surface area contributed by atoms with Crippen molar-refractivity contribution < 1.29 is 4.79 Å². The Morgan fingerprint density at radius 1 is 1.29 bits per heavy atom. The van der Waals surface area contributed by atoms with Crippen molar-refractivity contribution in [3.05, 3.63) is 35.4 Å². The molecule has 0 aliphatic carbocycles. The Kier molecular flexibility index (Phi) is 6.94. The summed E-state index contributed by atoms with van der Waals surface area (Å²) in [6.07, 6.45) is 1.67. The van der Waals surface area contributed by atoms with Crippen LogP contribution in [0.4, 0.5) is 0 Å². The summed E-state index contributed by atoms with van der Waals surface area (Å²) in [7, 11) is 1.82. The molecule has 0 spiro atoms. The Hall–Kier alpha value is -2.08. The quantitative estimate of drug-likeness (QED) is 0.582. The minimum atomic E-state index is 0.272. The van der Waals surface area contributed by atoms with Gasteiger partial charge in [0.2, 0.25) is 5.91 Å². The molecule has 0 radical (unpaired) electrons. The van der Waals surface area contributed by atoms with Crippen molar-refractivity contribution in [3.63, 3.8) is 0 Å². The van der Waals surface area contributed by atoms with Crippen molar-refractivity contribution in [2.75, 3.05) is 26.7 Å². The molecule has 2 atom stereocenters. The third-order valence-electron chi connectivity index (χ3n) is 5.91. The lowest BCUT2D eigenvalue weighted by molar-refractivity contribution is -0.128. The number of amides is 1. The topological polar surface area (TPSA) is 60.0 Å². The van der Waals surface area contributed by atoms with Crippen LogP contribution in [0.25, 0.3) is 0 Å². The van der Waals surface area contributed by atoms with Crippen LogP contribution in [0.2, 0.25) is 0 Å². The summed E-state index contributed by atoms with van der Waals surface area (Å²) >= 11 is 0. The Bertz CT molecular complexity index is 702. The van der Waals surface area contributed by atoms with E-state index in [9.17, 15) is 4.79 Å². The first-order chi connectivity index (χ1) is 13.5. The molecular weight excluding hydrogens is 350 g/mol. The lowest BCUT2D eigenvalue weighted by Crippen LogP contribution is -2.46. The minimum Gasteiger partial charge on any atom is -0.352 e. The fraction of sp³-hybridized carbons (Fsp3) is 0.636. The van der Waals surface area contributed by atoms with Crippen LogP contribution in [0, 0.1) is 5.92 Å². The van der Waals surface area contributed by atoms with Crippen LogP contribution in [0.5, 0.6) is 0 Å². The van der Waals surface area contributed by atoms with Crippen LogP contribution in [-0.4, -0.2) is 60.4 Å². The molecule has 1 aromatic rings. The van der Waals surface area contributed by atoms with Gasteiger partial charge in [0.1, 0.15) is 0 Å². The van der Waals surface area contributed by atoms with E-state index >= 15 is 0 Å². The summed E-state index contributed by atoms with van der Waals surface area (Å²) in [5, 5.41) is 7.04. The molecule has 0 aromatic heterocycles. The standard InChI is InChI=1S/C22H35N5O/c1-16(2)27-13-17(3)20(15-27)25-22(23-4)24-12-18-7-5-8-19(11-18)14-26-10-6-9-21(26)28/h5,7-8,11,16-17,20H,6,9-10,12-15H2,1-4H3,(H2,23,24,25). The number of aliphatic imine (C=N–C) groups is 1. The highest BCUT2D eigenvalue weighted by molar-refractivity contribution is 5.80. The highest BCUT2D eigenvalue weighted by atomic mass is 16.2. The van der Waals surface area contributed by atoms with Gasteiger partial charge < -0.3 is 15.5 Å². The zero-order valence-electron chi connectivity index (χ0n) is 17.7. The Morgan fingerprint density at radius 2 is 2.07 bits per heavy atom. The van der Waals surface area contributed by atoms with Gasteiger partial charge in [-0.1, -0.05) is 31.2 Å². The first kappa shape index (κ1) is 20.6. The number of guanidine groups is 1. The van der Waals surface area contributed by atoms with Gasteiger partial charge in [-0.05, 0) is 37.3 Å². The fourth-order valence-electron chi connectivity index (χ4n) is 4.10. The Balaban J connectivity index is 1.52. The number of benzene rings is 1. The van der Waals surface area contributed by atoms with Gasteiger partial charge in [0.15, 0.2) is 5.96 Å². The maximum atomic E-state index is 11.9. The molecular formula is C22H35N5O. The zero-order valence-corrected chi connectivity index (χ0v) is 17.7. The number of carbonyl (C=O) groups is 1. The molecule has 2 aliphatic rings. The number of likely N-dealkylation sites (tertiary alicyclic amines) is 2. The molecule has 2 heterocycles. The van der Waals surface area contributed by atoms with Crippen LogP contribution in [0.1, 0.15) is 44.7 Å². The minimum absolute atomic E-state index is 0.272. The number of nitrogens with zero attached hydrogens (tertiary/aromatic N) is 3. The maximum absolute atomic E-state index is 11.9. The van der Waals surface area contributed by atoms with Gasteiger partial charge in [-0.3, -0.25) is 14.7 Å². The zero-order chi connectivity index (χ0) is 20.1. The Labute approximate surface area is 169 Å². The molecule has 1 amide bonds. The van der Waals surface area contributed by atoms with Gasteiger partial charge in [-0.25, -0.2) is 0 Å². The van der Waals surface area contributed by atoms with Crippen LogP contribution >= 0.6 is 0 Å². The smallest absolute Gasteiger partial charge is 0.222 e. The lowest BCUT2D eigenvalue weighted by atomic mass is 10.1. The third-order valence-corrected chi connectivity index (χ3v) is 5.91. The van der Waals surface area contributed by atoms with Gasteiger partial charge in [0.05, 0.1) is 0 Å². The van der Waals surface area contributed by atoms with Crippen molar-refractivity contribution in [3.8, 4) is 0 Å². The number of nitrogens with one attached hydrogen (secondary N) is 2. The SMILES string of the molecule is CN=C(NCc1cccc(CN2CCCC2=O)c1)NC1CN(C(C)C)CC1C. The third kappa shape index (κ3) is 5.25. The molecule has 2 N–H and O–H groups in total. The number of carbonyl (C=O) groups excluding carboxylic acids is 1. The first-order valence-electron chi connectivity index (χ1n) is 10.5. The molecule has 0 saturated carbocycles. The second kappa shape index (κ2) is 9.41. The molecule has 2 unspecified atom stereocenters. The second-order valence-corrected chi connectivity index (χ2v) is 8.44. The molecule has 0 bridgehead atoms. The van der Waals surface area contributed by atoms with Crippen LogP contribution < -0.4 is 10.6 Å². The van der Waals surface area contributed by atoms with E-state index in [4.69, 9.17) is 0 Å². The van der Waals surface area contributed by atoms with Crippen molar-refractivity contribution in [2.24, 2.45) is 10.9 Å². The van der Waals surface area contributed by atoms with Gasteiger partial charge in [0, 0.05) is 58.3 Å². The lowest BCUT2D eigenvalue weighted by Gasteiger charge is -2.22. The molecule has 6 nitrogen and oxygen atoms in total. The van der Waals surface area contributed by atoms with Crippen LogP contribution in [-0.2, 0) is 17.9 Å². The largest absolute Gasteiger partial charge is 0.352 e. The Morgan fingerprint density at radius 3 is 2.71 bits per heavy atom. The van der Waals surface area contributed by atoms with Gasteiger partial charge >= 0.3 is 0 Å². The van der Waals surface area contributed by atoms with E-state index in [1.807, 2.05) is 11.9 Å². The number of hydrogen-bond donors (Lipinski definition) is 2. The second-order valence-electron chi connectivity index (χ2n) is 8.44. The van der Waals surface area contributed by atoms with E-state index in [0.717, 1.165) is 38.6 Å². The summed E-state index contributed by atoms with van der Waals surface area (Å²) in [5.41, 5.74) is 2.39. The highest BCUT2D eigenvalue weighted by Gasteiger charge is 2.31. The summed E-state index contributed by atoms with van der Waals surface area (Å²) in [4.78, 5) is 20.7. The van der Waals surface area contributed by atoms with E-state index in [1.54, 1.807) is 0 Å². The van der Waals surface area contributed by atoms with E-state index in [-0.39, 0.29) is 5.91 Å². The average Bonchev–Trinajstić information content (AvgIpc) is 3.25. The van der Waals surface area contributed by atoms with Crippen molar-refractivity contribution in [2.45, 2.75) is 58.8 Å². The van der Waals surface area contributed by atoms with E-state index in [2.05, 4.69) is 65.6 Å². The van der Waals surface area contributed by atoms with Gasteiger partial charge in [0.25, 0.3) is 0 Å². The molecule has 3 rings (SSSR count). The van der Waals surface area contributed by atoms with Crippen LogP contribution in [0.3, 0.4) is 0 Å². The predicted octanol–water partition coefficient (Wildman–Crippen LogP) is 2.20. The normalized spacial score (nSPS) is 23.7. The molecule has 1 aromatic carbocycles.